The molecule has 0 aliphatic carbocycles. The fourth-order valence-corrected chi connectivity index (χ4v) is 2.42. The molecule has 2 atom stereocenters. The SMILES string of the molecule is CCc1ccc(C=CC(=O)N2C[C@H](O)C[C@@H]2C(=O)O)cc1. The Morgan fingerprint density at radius 1 is 1.33 bits per heavy atom. The first-order valence-corrected chi connectivity index (χ1v) is 6.99. The third kappa shape index (κ3) is 3.70. The van der Waals surface area contributed by atoms with Crippen LogP contribution in [-0.2, 0) is 16.0 Å². The Balaban J connectivity index is 2.05. The number of likely N-dealkylation sites (tertiary alicyclic amines) is 1. The number of nitrogens with zero attached hydrogens (tertiary/aromatic N) is 1. The van der Waals surface area contributed by atoms with Gasteiger partial charge in [0.1, 0.15) is 6.04 Å². The monoisotopic (exact) mass is 289 g/mol. The summed E-state index contributed by atoms with van der Waals surface area (Å²) in [5.41, 5.74) is 2.10. The van der Waals surface area contributed by atoms with Gasteiger partial charge >= 0.3 is 5.97 Å². The van der Waals surface area contributed by atoms with E-state index in [1.807, 2.05) is 24.3 Å². The van der Waals surface area contributed by atoms with Gasteiger partial charge in [0.2, 0.25) is 5.91 Å². The van der Waals surface area contributed by atoms with Crippen LogP contribution in [0.4, 0.5) is 0 Å². The van der Waals surface area contributed by atoms with Crippen LogP contribution in [-0.4, -0.2) is 45.7 Å². The number of aryl methyl sites for hydroxylation is 1. The molecular weight excluding hydrogens is 270 g/mol. The van der Waals surface area contributed by atoms with Crippen LogP contribution < -0.4 is 0 Å². The summed E-state index contributed by atoms with van der Waals surface area (Å²) in [5.74, 6) is -1.47. The molecule has 1 saturated heterocycles. The van der Waals surface area contributed by atoms with Crippen molar-refractivity contribution in [1.82, 2.24) is 4.90 Å². The molecule has 0 radical (unpaired) electrons. The molecule has 1 aromatic carbocycles. The van der Waals surface area contributed by atoms with E-state index in [1.54, 1.807) is 6.08 Å². The normalized spacial score (nSPS) is 21.9. The van der Waals surface area contributed by atoms with Crippen molar-refractivity contribution in [3.8, 4) is 0 Å². The highest BCUT2D eigenvalue weighted by atomic mass is 16.4. The van der Waals surface area contributed by atoms with Crippen molar-refractivity contribution in [2.24, 2.45) is 0 Å². The van der Waals surface area contributed by atoms with Crippen LogP contribution in [0.15, 0.2) is 30.3 Å². The largest absolute Gasteiger partial charge is 0.480 e. The number of aliphatic hydroxyl groups excluding tert-OH is 1. The minimum atomic E-state index is -1.08. The van der Waals surface area contributed by atoms with E-state index >= 15 is 0 Å². The van der Waals surface area contributed by atoms with Gasteiger partial charge < -0.3 is 15.1 Å². The van der Waals surface area contributed by atoms with Crippen molar-refractivity contribution in [1.29, 1.82) is 0 Å². The molecule has 2 N–H and O–H groups in total. The Morgan fingerprint density at radius 2 is 2.00 bits per heavy atom. The molecule has 5 heteroatoms. The first-order valence-electron chi connectivity index (χ1n) is 6.99. The lowest BCUT2D eigenvalue weighted by Gasteiger charge is -2.19. The smallest absolute Gasteiger partial charge is 0.326 e. The number of hydrogen-bond donors (Lipinski definition) is 2. The summed E-state index contributed by atoms with van der Waals surface area (Å²) < 4.78 is 0. The summed E-state index contributed by atoms with van der Waals surface area (Å²) in [6.07, 6.45) is 3.28. The van der Waals surface area contributed by atoms with E-state index in [2.05, 4.69) is 6.92 Å². The van der Waals surface area contributed by atoms with Crippen molar-refractivity contribution in [2.75, 3.05) is 6.54 Å². The maximum atomic E-state index is 12.1. The highest BCUT2D eigenvalue weighted by molar-refractivity contribution is 5.94. The molecule has 0 aromatic heterocycles. The first-order chi connectivity index (χ1) is 10.0. The van der Waals surface area contributed by atoms with E-state index in [1.165, 1.54) is 16.5 Å². The van der Waals surface area contributed by atoms with Gasteiger partial charge in [0.15, 0.2) is 0 Å². The Bertz CT molecular complexity index is 550. The molecule has 1 aliphatic heterocycles. The maximum Gasteiger partial charge on any atom is 0.326 e. The lowest BCUT2D eigenvalue weighted by Crippen LogP contribution is -2.39. The molecule has 0 saturated carbocycles. The zero-order valence-corrected chi connectivity index (χ0v) is 11.9. The minimum absolute atomic E-state index is 0.0644. The number of aliphatic carboxylic acids is 1. The fraction of sp³-hybridized carbons (Fsp3) is 0.375. The van der Waals surface area contributed by atoms with E-state index in [4.69, 9.17) is 5.11 Å². The molecule has 2 rings (SSSR count). The molecular formula is C16H19NO4. The second-order valence-electron chi connectivity index (χ2n) is 5.16. The molecule has 0 bridgehead atoms. The number of carboxylic acids is 1. The van der Waals surface area contributed by atoms with Crippen LogP contribution in [0.5, 0.6) is 0 Å². The average molecular weight is 289 g/mol. The van der Waals surface area contributed by atoms with Crippen molar-refractivity contribution in [3.05, 3.63) is 41.5 Å². The zero-order valence-electron chi connectivity index (χ0n) is 11.9. The summed E-state index contributed by atoms with van der Waals surface area (Å²) in [7, 11) is 0. The van der Waals surface area contributed by atoms with Crippen molar-refractivity contribution in [3.63, 3.8) is 0 Å². The van der Waals surface area contributed by atoms with Crippen molar-refractivity contribution >= 4 is 18.0 Å². The van der Waals surface area contributed by atoms with Gasteiger partial charge in [0, 0.05) is 19.0 Å². The zero-order chi connectivity index (χ0) is 15.4. The Kier molecular flexibility index (Phi) is 4.75. The summed E-state index contributed by atoms with van der Waals surface area (Å²) in [4.78, 5) is 24.3. The highest BCUT2D eigenvalue weighted by Crippen LogP contribution is 2.19. The number of carboxylic acid groups (broad SMARTS) is 1. The quantitative estimate of drug-likeness (QED) is 0.819. The molecule has 1 heterocycles. The fourth-order valence-electron chi connectivity index (χ4n) is 2.42. The lowest BCUT2D eigenvalue weighted by atomic mass is 10.1. The van der Waals surface area contributed by atoms with Crippen molar-refractivity contribution in [2.45, 2.75) is 31.9 Å². The van der Waals surface area contributed by atoms with Crippen LogP contribution in [0.3, 0.4) is 0 Å². The van der Waals surface area contributed by atoms with Gasteiger partial charge in [-0.05, 0) is 23.6 Å². The summed E-state index contributed by atoms with van der Waals surface area (Å²) in [6, 6.07) is 6.86. The van der Waals surface area contributed by atoms with Crippen molar-refractivity contribution < 1.29 is 19.8 Å². The van der Waals surface area contributed by atoms with Gasteiger partial charge in [0.25, 0.3) is 0 Å². The van der Waals surface area contributed by atoms with Crippen LogP contribution in [0.25, 0.3) is 6.08 Å². The molecule has 1 aromatic rings. The minimum Gasteiger partial charge on any atom is -0.480 e. The van der Waals surface area contributed by atoms with E-state index in [0.717, 1.165) is 12.0 Å². The number of benzene rings is 1. The molecule has 21 heavy (non-hydrogen) atoms. The lowest BCUT2D eigenvalue weighted by molar-refractivity contribution is -0.146. The van der Waals surface area contributed by atoms with Gasteiger partial charge in [-0.25, -0.2) is 4.79 Å². The molecule has 1 aliphatic rings. The van der Waals surface area contributed by atoms with E-state index in [-0.39, 0.29) is 13.0 Å². The second kappa shape index (κ2) is 6.54. The van der Waals surface area contributed by atoms with Crippen LogP contribution >= 0.6 is 0 Å². The van der Waals surface area contributed by atoms with Gasteiger partial charge in [-0.15, -0.1) is 0 Å². The summed E-state index contributed by atoms with van der Waals surface area (Å²) >= 11 is 0. The average Bonchev–Trinajstić information content (AvgIpc) is 2.87. The number of carbonyl (C=O) groups is 2. The van der Waals surface area contributed by atoms with Gasteiger partial charge in [0.05, 0.1) is 6.10 Å². The first kappa shape index (κ1) is 15.3. The number of rotatable bonds is 4. The Hall–Kier alpha value is -2.14. The predicted octanol–water partition coefficient (Wildman–Crippen LogP) is 1.31. The standard InChI is InChI=1S/C16H19NO4/c1-2-11-3-5-12(6-4-11)7-8-15(19)17-10-13(18)9-14(17)16(20)21/h3-8,13-14,18H,2,9-10H2,1H3,(H,20,21)/t13-,14-/m1/s1. The molecule has 1 fully saturated rings. The van der Waals surface area contributed by atoms with Crippen LogP contribution in [0, 0.1) is 0 Å². The number of aliphatic hydroxyl groups is 1. The van der Waals surface area contributed by atoms with Crippen LogP contribution in [0.1, 0.15) is 24.5 Å². The Labute approximate surface area is 123 Å². The van der Waals surface area contributed by atoms with E-state index in [9.17, 15) is 14.7 Å². The van der Waals surface area contributed by atoms with E-state index in [0.29, 0.717) is 0 Å². The van der Waals surface area contributed by atoms with Gasteiger partial charge in [-0.1, -0.05) is 31.2 Å². The summed E-state index contributed by atoms with van der Waals surface area (Å²) in [6.45, 7) is 2.13. The van der Waals surface area contributed by atoms with Crippen LogP contribution in [0.2, 0.25) is 0 Å². The number of β-amino-alcohol motifs (C(OH)–C–C–N with tert-alkyl or cyclic N) is 1. The van der Waals surface area contributed by atoms with Gasteiger partial charge in [-0.2, -0.15) is 0 Å². The Morgan fingerprint density at radius 3 is 2.57 bits per heavy atom. The molecule has 5 nitrogen and oxygen atoms in total. The number of carbonyl (C=O) groups excluding carboxylic acids is 1. The molecule has 0 spiro atoms. The maximum absolute atomic E-state index is 12.1. The highest BCUT2D eigenvalue weighted by Gasteiger charge is 2.37. The molecule has 1 amide bonds. The molecule has 0 unspecified atom stereocenters. The molecule has 112 valence electrons. The second-order valence-corrected chi connectivity index (χ2v) is 5.16. The third-order valence-corrected chi connectivity index (χ3v) is 3.65. The van der Waals surface area contributed by atoms with Gasteiger partial charge in [-0.3, -0.25) is 4.79 Å². The number of hydrogen-bond acceptors (Lipinski definition) is 3. The predicted molar refractivity (Wildman–Crippen MR) is 78.6 cm³/mol. The van der Waals surface area contributed by atoms with E-state index < -0.39 is 24.0 Å². The topological polar surface area (TPSA) is 77.8 Å². The third-order valence-electron chi connectivity index (χ3n) is 3.65. The number of amides is 1. The summed E-state index contributed by atoms with van der Waals surface area (Å²) in [5, 5.41) is 18.6.